The summed E-state index contributed by atoms with van der Waals surface area (Å²) >= 11 is 0. The van der Waals surface area contributed by atoms with E-state index in [1.54, 1.807) is 18.3 Å². The van der Waals surface area contributed by atoms with Gasteiger partial charge >= 0.3 is 6.03 Å². The summed E-state index contributed by atoms with van der Waals surface area (Å²) in [7, 11) is 0. The van der Waals surface area contributed by atoms with E-state index < -0.39 is 0 Å². The summed E-state index contributed by atoms with van der Waals surface area (Å²) in [6.45, 7) is 0.957. The Kier molecular flexibility index (Phi) is 3.49. The first kappa shape index (κ1) is 13.9. The minimum atomic E-state index is -0.114. The number of benzene rings is 1. The van der Waals surface area contributed by atoms with Crippen LogP contribution in [0.5, 0.6) is 11.5 Å². The first-order valence-corrected chi connectivity index (χ1v) is 7.69. The van der Waals surface area contributed by atoms with Gasteiger partial charge in [-0.1, -0.05) is 6.07 Å². The van der Waals surface area contributed by atoms with Gasteiger partial charge in [0.05, 0.1) is 11.7 Å². The predicted octanol–water partition coefficient (Wildman–Crippen LogP) is 3.18. The minimum Gasteiger partial charge on any atom is -0.454 e. The van der Waals surface area contributed by atoms with Crippen LogP contribution >= 0.6 is 0 Å². The van der Waals surface area contributed by atoms with Crippen LogP contribution in [0.2, 0.25) is 0 Å². The van der Waals surface area contributed by atoms with E-state index in [0.717, 1.165) is 25.1 Å². The Labute approximate surface area is 134 Å². The van der Waals surface area contributed by atoms with E-state index in [-0.39, 0.29) is 18.9 Å². The Morgan fingerprint density at radius 1 is 1.22 bits per heavy atom. The molecule has 2 aliphatic rings. The molecule has 1 aromatic heterocycles. The Hall–Kier alpha value is -2.76. The van der Waals surface area contributed by atoms with Gasteiger partial charge in [-0.05, 0) is 37.1 Å². The minimum absolute atomic E-state index is 0.0326. The molecule has 0 saturated carbocycles. The highest BCUT2D eigenvalue weighted by atomic mass is 16.7. The lowest BCUT2D eigenvalue weighted by Gasteiger charge is -2.24. The van der Waals surface area contributed by atoms with E-state index in [2.05, 4.69) is 10.3 Å². The summed E-state index contributed by atoms with van der Waals surface area (Å²) in [5.41, 5.74) is 1.64. The van der Waals surface area contributed by atoms with Crippen LogP contribution in [0.1, 0.15) is 24.6 Å². The summed E-state index contributed by atoms with van der Waals surface area (Å²) in [6.07, 6.45) is 3.68. The zero-order valence-electron chi connectivity index (χ0n) is 12.6. The standard InChI is InChI=1S/C17H17N3O3/c21-17(19-12-6-7-15-16(10-12)23-11-22-15)20-9-3-5-14(20)13-4-1-2-8-18-13/h1-2,4,6-8,10,14H,3,5,9,11H2,(H,19,21)/t14-/m1/s1. The second kappa shape index (κ2) is 5.79. The monoisotopic (exact) mass is 311 g/mol. The molecule has 0 unspecified atom stereocenters. The number of amides is 2. The third-order valence-electron chi connectivity index (χ3n) is 4.17. The zero-order valence-corrected chi connectivity index (χ0v) is 12.6. The Balaban J connectivity index is 1.50. The fourth-order valence-electron chi connectivity index (χ4n) is 3.06. The molecule has 0 bridgehead atoms. The number of fused-ring (bicyclic) bond motifs is 1. The van der Waals surface area contributed by atoms with Crippen LogP contribution in [0.25, 0.3) is 0 Å². The van der Waals surface area contributed by atoms with Crippen LogP contribution in [-0.2, 0) is 0 Å². The molecule has 1 N–H and O–H groups in total. The van der Waals surface area contributed by atoms with Crippen LogP contribution in [-0.4, -0.2) is 29.3 Å². The highest BCUT2D eigenvalue weighted by molar-refractivity contribution is 5.90. The van der Waals surface area contributed by atoms with Crippen molar-refractivity contribution in [2.24, 2.45) is 0 Å². The van der Waals surface area contributed by atoms with Crippen molar-refractivity contribution in [1.82, 2.24) is 9.88 Å². The Morgan fingerprint density at radius 3 is 3.00 bits per heavy atom. The van der Waals surface area contributed by atoms with Crippen molar-refractivity contribution in [3.05, 3.63) is 48.3 Å². The number of hydrogen-bond acceptors (Lipinski definition) is 4. The van der Waals surface area contributed by atoms with Crippen LogP contribution in [0.15, 0.2) is 42.6 Å². The first-order valence-electron chi connectivity index (χ1n) is 7.69. The maximum atomic E-state index is 12.6. The number of carbonyl (C=O) groups excluding carboxylic acids is 1. The van der Waals surface area contributed by atoms with Gasteiger partial charge in [0.2, 0.25) is 6.79 Å². The van der Waals surface area contributed by atoms with E-state index >= 15 is 0 Å². The molecule has 2 aliphatic heterocycles. The van der Waals surface area contributed by atoms with E-state index in [9.17, 15) is 4.79 Å². The number of ether oxygens (including phenoxy) is 2. The SMILES string of the molecule is O=C(Nc1ccc2c(c1)OCO2)N1CCC[C@@H]1c1ccccn1. The van der Waals surface area contributed by atoms with Crippen molar-refractivity contribution in [1.29, 1.82) is 0 Å². The molecule has 1 saturated heterocycles. The summed E-state index contributed by atoms with van der Waals surface area (Å²) in [4.78, 5) is 18.8. The topological polar surface area (TPSA) is 63.7 Å². The molecular weight excluding hydrogens is 294 g/mol. The number of nitrogens with zero attached hydrogens (tertiary/aromatic N) is 2. The summed E-state index contributed by atoms with van der Waals surface area (Å²) in [6, 6.07) is 11.1. The second-order valence-electron chi connectivity index (χ2n) is 5.60. The van der Waals surface area contributed by atoms with Crippen molar-refractivity contribution in [3.8, 4) is 11.5 Å². The molecule has 2 aromatic rings. The highest BCUT2D eigenvalue weighted by Crippen LogP contribution is 2.35. The molecule has 2 amide bonds. The molecule has 0 radical (unpaired) electrons. The van der Waals surface area contributed by atoms with Crippen molar-refractivity contribution in [2.45, 2.75) is 18.9 Å². The van der Waals surface area contributed by atoms with Crippen LogP contribution in [0, 0.1) is 0 Å². The third kappa shape index (κ3) is 2.67. The number of anilines is 1. The molecule has 0 aliphatic carbocycles. The maximum absolute atomic E-state index is 12.6. The summed E-state index contributed by atoms with van der Waals surface area (Å²) in [5, 5.41) is 2.94. The lowest BCUT2D eigenvalue weighted by molar-refractivity contribution is 0.174. The fraction of sp³-hybridized carbons (Fsp3) is 0.294. The van der Waals surface area contributed by atoms with E-state index in [1.807, 2.05) is 29.2 Å². The van der Waals surface area contributed by atoms with Gasteiger partial charge in [-0.2, -0.15) is 0 Å². The number of rotatable bonds is 2. The molecule has 6 nitrogen and oxygen atoms in total. The van der Waals surface area contributed by atoms with Gasteiger partial charge in [-0.3, -0.25) is 4.98 Å². The third-order valence-corrected chi connectivity index (χ3v) is 4.17. The molecule has 6 heteroatoms. The number of pyridine rings is 1. The van der Waals surface area contributed by atoms with Crippen LogP contribution in [0.4, 0.5) is 10.5 Å². The molecule has 3 heterocycles. The normalized spacial score (nSPS) is 19.0. The lowest BCUT2D eigenvalue weighted by atomic mass is 10.1. The molecule has 4 rings (SSSR count). The average Bonchev–Trinajstić information content (AvgIpc) is 3.24. The molecule has 118 valence electrons. The van der Waals surface area contributed by atoms with Crippen LogP contribution < -0.4 is 14.8 Å². The number of likely N-dealkylation sites (tertiary alicyclic amines) is 1. The average molecular weight is 311 g/mol. The van der Waals surface area contributed by atoms with E-state index in [1.165, 1.54) is 0 Å². The number of nitrogens with one attached hydrogen (secondary N) is 1. The molecule has 23 heavy (non-hydrogen) atoms. The number of urea groups is 1. The smallest absolute Gasteiger partial charge is 0.322 e. The van der Waals surface area contributed by atoms with Gasteiger partial charge in [-0.25, -0.2) is 4.79 Å². The lowest BCUT2D eigenvalue weighted by Crippen LogP contribution is -2.34. The van der Waals surface area contributed by atoms with Gasteiger partial charge in [0.1, 0.15) is 0 Å². The van der Waals surface area contributed by atoms with Gasteiger partial charge < -0.3 is 19.7 Å². The van der Waals surface area contributed by atoms with Crippen molar-refractivity contribution < 1.29 is 14.3 Å². The van der Waals surface area contributed by atoms with Crippen molar-refractivity contribution >= 4 is 11.7 Å². The van der Waals surface area contributed by atoms with E-state index in [4.69, 9.17) is 9.47 Å². The fourth-order valence-corrected chi connectivity index (χ4v) is 3.06. The summed E-state index contributed by atoms with van der Waals surface area (Å²) < 4.78 is 10.6. The Bertz CT molecular complexity index is 720. The Morgan fingerprint density at radius 2 is 2.13 bits per heavy atom. The van der Waals surface area contributed by atoms with Gasteiger partial charge in [-0.15, -0.1) is 0 Å². The molecular formula is C17H17N3O3. The molecule has 0 spiro atoms. The first-order chi connectivity index (χ1) is 11.3. The van der Waals surface area contributed by atoms with E-state index in [0.29, 0.717) is 17.2 Å². The molecule has 1 aromatic carbocycles. The number of hydrogen-bond donors (Lipinski definition) is 1. The number of aromatic nitrogens is 1. The maximum Gasteiger partial charge on any atom is 0.322 e. The zero-order chi connectivity index (χ0) is 15.6. The van der Waals surface area contributed by atoms with Gasteiger partial charge in [0.15, 0.2) is 11.5 Å². The van der Waals surface area contributed by atoms with Crippen LogP contribution in [0.3, 0.4) is 0 Å². The number of carbonyl (C=O) groups is 1. The molecule has 1 atom stereocenters. The largest absolute Gasteiger partial charge is 0.454 e. The van der Waals surface area contributed by atoms with Gasteiger partial charge in [0.25, 0.3) is 0 Å². The van der Waals surface area contributed by atoms with Crippen molar-refractivity contribution in [2.75, 3.05) is 18.7 Å². The van der Waals surface area contributed by atoms with Crippen molar-refractivity contribution in [3.63, 3.8) is 0 Å². The summed E-state index contributed by atoms with van der Waals surface area (Å²) in [5.74, 6) is 1.36. The quantitative estimate of drug-likeness (QED) is 0.925. The molecule has 1 fully saturated rings. The predicted molar refractivity (Wildman–Crippen MR) is 84.5 cm³/mol. The second-order valence-corrected chi connectivity index (χ2v) is 5.60. The van der Waals surface area contributed by atoms with Gasteiger partial charge in [0, 0.05) is 24.5 Å². The highest BCUT2D eigenvalue weighted by Gasteiger charge is 2.31.